The SMILES string of the molecule is CCNC(=NCc1ccc(COCC)cc1)NCc1ccccc1F. The maximum absolute atomic E-state index is 13.7. The lowest BCUT2D eigenvalue weighted by molar-refractivity contribution is 0.134. The molecule has 2 rings (SSSR count). The quantitative estimate of drug-likeness (QED) is 0.568. The highest BCUT2D eigenvalue weighted by atomic mass is 19.1. The molecule has 5 heteroatoms. The number of nitrogens with zero attached hydrogens (tertiary/aromatic N) is 1. The Morgan fingerprint density at radius 3 is 2.40 bits per heavy atom. The molecule has 0 saturated carbocycles. The van der Waals surface area contributed by atoms with E-state index >= 15 is 0 Å². The predicted octanol–water partition coefficient (Wildman–Crippen LogP) is 3.62. The van der Waals surface area contributed by atoms with Gasteiger partial charge in [0.15, 0.2) is 5.96 Å². The Kier molecular flexibility index (Phi) is 7.92. The van der Waals surface area contributed by atoms with Crippen LogP contribution in [0.1, 0.15) is 30.5 Å². The minimum atomic E-state index is -0.212. The number of benzene rings is 2. The fourth-order valence-corrected chi connectivity index (χ4v) is 2.29. The van der Waals surface area contributed by atoms with E-state index in [1.807, 2.05) is 19.9 Å². The van der Waals surface area contributed by atoms with Gasteiger partial charge in [-0.3, -0.25) is 0 Å². The first-order valence-corrected chi connectivity index (χ1v) is 8.64. The normalized spacial score (nSPS) is 11.4. The van der Waals surface area contributed by atoms with Gasteiger partial charge in [-0.05, 0) is 31.0 Å². The standard InChI is InChI=1S/C20H26FN3O/c1-3-22-20(24-14-18-7-5-6-8-19(18)21)23-13-16-9-11-17(12-10-16)15-25-4-2/h5-12H,3-4,13-15H2,1-2H3,(H2,22,23,24). The van der Waals surface area contributed by atoms with E-state index in [4.69, 9.17) is 4.74 Å². The molecular formula is C20H26FN3O. The summed E-state index contributed by atoms with van der Waals surface area (Å²) in [5.74, 6) is 0.458. The molecule has 0 atom stereocenters. The molecule has 0 amide bonds. The van der Waals surface area contributed by atoms with Crippen molar-refractivity contribution in [2.45, 2.75) is 33.5 Å². The zero-order valence-electron chi connectivity index (χ0n) is 14.9. The van der Waals surface area contributed by atoms with Crippen LogP contribution >= 0.6 is 0 Å². The van der Waals surface area contributed by atoms with Gasteiger partial charge in [0.1, 0.15) is 5.82 Å². The van der Waals surface area contributed by atoms with Crippen LogP contribution in [0, 0.1) is 5.82 Å². The largest absolute Gasteiger partial charge is 0.377 e. The number of aliphatic imine (C=N–C) groups is 1. The average molecular weight is 343 g/mol. The van der Waals surface area contributed by atoms with E-state index < -0.39 is 0 Å². The third-order valence-corrected chi connectivity index (χ3v) is 3.66. The van der Waals surface area contributed by atoms with Crippen LogP contribution in [0.3, 0.4) is 0 Å². The Hall–Kier alpha value is -2.40. The first kappa shape index (κ1) is 18.9. The maximum atomic E-state index is 13.7. The average Bonchev–Trinajstić information content (AvgIpc) is 2.64. The molecule has 0 aliphatic carbocycles. The van der Waals surface area contributed by atoms with Crippen molar-refractivity contribution >= 4 is 5.96 Å². The smallest absolute Gasteiger partial charge is 0.191 e. The van der Waals surface area contributed by atoms with Crippen LogP contribution in [0.4, 0.5) is 4.39 Å². The van der Waals surface area contributed by atoms with Crippen LogP contribution in [0.25, 0.3) is 0 Å². The summed E-state index contributed by atoms with van der Waals surface area (Å²) in [6, 6.07) is 15.0. The van der Waals surface area contributed by atoms with Crippen molar-refractivity contribution in [3.05, 3.63) is 71.0 Å². The van der Waals surface area contributed by atoms with Gasteiger partial charge in [-0.1, -0.05) is 42.5 Å². The van der Waals surface area contributed by atoms with Crippen LogP contribution in [0.5, 0.6) is 0 Å². The minimum absolute atomic E-state index is 0.212. The van der Waals surface area contributed by atoms with Crippen LogP contribution in [-0.2, 0) is 24.4 Å². The third kappa shape index (κ3) is 6.55. The molecule has 0 bridgehead atoms. The van der Waals surface area contributed by atoms with Crippen molar-refractivity contribution < 1.29 is 9.13 Å². The van der Waals surface area contributed by atoms with Gasteiger partial charge in [0, 0.05) is 25.3 Å². The zero-order chi connectivity index (χ0) is 17.9. The molecule has 0 aromatic heterocycles. The van der Waals surface area contributed by atoms with Crippen molar-refractivity contribution in [2.75, 3.05) is 13.2 Å². The number of guanidine groups is 1. The minimum Gasteiger partial charge on any atom is -0.377 e. The Labute approximate surface area is 149 Å². The van der Waals surface area contributed by atoms with Gasteiger partial charge < -0.3 is 15.4 Å². The molecule has 25 heavy (non-hydrogen) atoms. The summed E-state index contributed by atoms with van der Waals surface area (Å²) in [5, 5.41) is 6.34. The molecule has 0 radical (unpaired) electrons. The summed E-state index contributed by atoms with van der Waals surface area (Å²) in [6.07, 6.45) is 0. The Morgan fingerprint density at radius 2 is 1.72 bits per heavy atom. The molecule has 0 heterocycles. The fourth-order valence-electron chi connectivity index (χ4n) is 2.29. The van der Waals surface area contributed by atoms with Gasteiger partial charge in [0.25, 0.3) is 0 Å². The molecule has 2 N–H and O–H groups in total. The van der Waals surface area contributed by atoms with E-state index in [0.717, 1.165) is 17.7 Å². The lowest BCUT2D eigenvalue weighted by Crippen LogP contribution is -2.37. The number of hydrogen-bond acceptors (Lipinski definition) is 2. The number of halogens is 1. The second-order valence-electron chi connectivity index (χ2n) is 5.59. The van der Waals surface area contributed by atoms with E-state index in [0.29, 0.717) is 37.8 Å². The summed E-state index contributed by atoms with van der Waals surface area (Å²) < 4.78 is 19.1. The van der Waals surface area contributed by atoms with Crippen LogP contribution in [-0.4, -0.2) is 19.1 Å². The lowest BCUT2D eigenvalue weighted by atomic mass is 10.1. The van der Waals surface area contributed by atoms with Gasteiger partial charge in [0.2, 0.25) is 0 Å². The molecule has 4 nitrogen and oxygen atoms in total. The lowest BCUT2D eigenvalue weighted by Gasteiger charge is -2.12. The summed E-state index contributed by atoms with van der Waals surface area (Å²) in [4.78, 5) is 4.56. The molecule has 0 spiro atoms. The van der Waals surface area contributed by atoms with Crippen molar-refractivity contribution in [1.82, 2.24) is 10.6 Å². The van der Waals surface area contributed by atoms with Crippen LogP contribution in [0.2, 0.25) is 0 Å². The highest BCUT2D eigenvalue weighted by Gasteiger charge is 2.03. The second kappa shape index (κ2) is 10.5. The molecular weight excluding hydrogens is 317 g/mol. The van der Waals surface area contributed by atoms with E-state index in [9.17, 15) is 4.39 Å². The second-order valence-corrected chi connectivity index (χ2v) is 5.59. The maximum Gasteiger partial charge on any atom is 0.191 e. The molecule has 0 unspecified atom stereocenters. The first-order valence-electron chi connectivity index (χ1n) is 8.64. The van der Waals surface area contributed by atoms with Gasteiger partial charge in [-0.25, -0.2) is 9.38 Å². The molecule has 0 aliphatic heterocycles. The van der Waals surface area contributed by atoms with Crippen molar-refractivity contribution in [3.8, 4) is 0 Å². The van der Waals surface area contributed by atoms with Crippen LogP contribution < -0.4 is 10.6 Å². The zero-order valence-corrected chi connectivity index (χ0v) is 14.9. The Morgan fingerprint density at radius 1 is 1.00 bits per heavy atom. The summed E-state index contributed by atoms with van der Waals surface area (Å²) in [6.45, 7) is 7.03. The van der Waals surface area contributed by atoms with Gasteiger partial charge in [-0.15, -0.1) is 0 Å². The molecule has 0 aliphatic rings. The molecule has 2 aromatic carbocycles. The van der Waals surface area contributed by atoms with Crippen molar-refractivity contribution in [1.29, 1.82) is 0 Å². The predicted molar refractivity (Wildman–Crippen MR) is 99.8 cm³/mol. The third-order valence-electron chi connectivity index (χ3n) is 3.66. The van der Waals surface area contributed by atoms with E-state index in [-0.39, 0.29) is 5.82 Å². The number of nitrogens with one attached hydrogen (secondary N) is 2. The summed E-state index contributed by atoms with van der Waals surface area (Å²) in [5.41, 5.74) is 2.89. The molecule has 134 valence electrons. The van der Waals surface area contributed by atoms with Gasteiger partial charge >= 0.3 is 0 Å². The Balaban J connectivity index is 1.93. The highest BCUT2D eigenvalue weighted by Crippen LogP contribution is 2.08. The highest BCUT2D eigenvalue weighted by molar-refractivity contribution is 5.79. The van der Waals surface area contributed by atoms with E-state index in [2.05, 4.69) is 39.9 Å². The molecule has 0 saturated heterocycles. The van der Waals surface area contributed by atoms with Crippen molar-refractivity contribution in [2.24, 2.45) is 4.99 Å². The molecule has 2 aromatic rings. The fraction of sp³-hybridized carbons (Fsp3) is 0.350. The van der Waals surface area contributed by atoms with Gasteiger partial charge in [-0.2, -0.15) is 0 Å². The number of rotatable bonds is 8. The van der Waals surface area contributed by atoms with E-state index in [1.54, 1.807) is 12.1 Å². The summed E-state index contributed by atoms with van der Waals surface area (Å²) in [7, 11) is 0. The monoisotopic (exact) mass is 343 g/mol. The number of ether oxygens (including phenoxy) is 1. The Bertz CT molecular complexity index is 671. The van der Waals surface area contributed by atoms with Crippen molar-refractivity contribution in [3.63, 3.8) is 0 Å². The van der Waals surface area contributed by atoms with E-state index in [1.165, 1.54) is 6.07 Å². The summed E-state index contributed by atoms with van der Waals surface area (Å²) >= 11 is 0. The topological polar surface area (TPSA) is 45.7 Å². The van der Waals surface area contributed by atoms with Gasteiger partial charge in [0.05, 0.1) is 13.2 Å². The van der Waals surface area contributed by atoms with Crippen LogP contribution in [0.15, 0.2) is 53.5 Å². The molecule has 0 fully saturated rings. The first-order chi connectivity index (χ1) is 12.2. The number of hydrogen-bond donors (Lipinski definition) is 2.